The molecule has 1 rings (SSSR count). The summed E-state index contributed by atoms with van der Waals surface area (Å²) in [5, 5.41) is 14.0. The molecule has 98 valence electrons. The Kier molecular flexibility index (Phi) is 4.31. The van der Waals surface area contributed by atoms with E-state index < -0.39 is 17.5 Å². The summed E-state index contributed by atoms with van der Waals surface area (Å²) in [5.74, 6) is -1.08. The second-order valence-corrected chi connectivity index (χ2v) is 4.66. The minimum Gasteiger partial charge on any atom is -0.480 e. The molecule has 0 saturated heterocycles. The summed E-state index contributed by atoms with van der Waals surface area (Å²) in [6.07, 6.45) is 0. The van der Waals surface area contributed by atoms with Crippen LogP contribution >= 0.6 is 0 Å². The summed E-state index contributed by atoms with van der Waals surface area (Å²) in [5.41, 5.74) is -0.332. The summed E-state index contributed by atoms with van der Waals surface area (Å²) < 4.78 is 0. The van der Waals surface area contributed by atoms with E-state index in [0.29, 0.717) is 0 Å². The monoisotopic (exact) mass is 250 g/mol. The zero-order valence-electron chi connectivity index (χ0n) is 10.7. The highest BCUT2D eigenvalue weighted by molar-refractivity contribution is 5.85. The van der Waals surface area contributed by atoms with Crippen molar-refractivity contribution >= 4 is 12.0 Å². The van der Waals surface area contributed by atoms with E-state index in [1.807, 2.05) is 37.3 Å². The molecule has 1 aromatic rings. The van der Waals surface area contributed by atoms with Gasteiger partial charge < -0.3 is 15.7 Å². The van der Waals surface area contributed by atoms with Gasteiger partial charge in [-0.15, -0.1) is 0 Å². The van der Waals surface area contributed by atoms with Gasteiger partial charge in [0.2, 0.25) is 0 Å². The SMILES string of the molecule is CC(NC(=O)NC(C)(C)C(=O)O)c1ccccc1. The summed E-state index contributed by atoms with van der Waals surface area (Å²) in [6.45, 7) is 4.70. The second-order valence-electron chi connectivity index (χ2n) is 4.66. The Morgan fingerprint density at radius 1 is 1.22 bits per heavy atom. The maximum absolute atomic E-state index is 11.7. The number of amides is 2. The number of carboxylic acid groups (broad SMARTS) is 1. The Morgan fingerprint density at radius 2 is 1.78 bits per heavy atom. The van der Waals surface area contributed by atoms with Crippen LogP contribution in [0.25, 0.3) is 0 Å². The van der Waals surface area contributed by atoms with Gasteiger partial charge >= 0.3 is 12.0 Å². The number of hydrogen-bond donors (Lipinski definition) is 3. The molecule has 5 nitrogen and oxygen atoms in total. The van der Waals surface area contributed by atoms with Crippen LogP contribution in [0.15, 0.2) is 30.3 Å². The molecule has 0 aromatic heterocycles. The van der Waals surface area contributed by atoms with Crippen molar-refractivity contribution in [3.8, 4) is 0 Å². The Balaban J connectivity index is 2.58. The Morgan fingerprint density at radius 3 is 2.28 bits per heavy atom. The third-order valence-corrected chi connectivity index (χ3v) is 2.61. The van der Waals surface area contributed by atoms with Crippen LogP contribution in [0.1, 0.15) is 32.4 Å². The molecule has 0 spiro atoms. The quantitative estimate of drug-likeness (QED) is 0.763. The third-order valence-electron chi connectivity index (χ3n) is 2.61. The number of carbonyl (C=O) groups is 2. The predicted octanol–water partition coefficient (Wildman–Crippen LogP) is 1.91. The largest absolute Gasteiger partial charge is 0.480 e. The van der Waals surface area contributed by atoms with E-state index in [-0.39, 0.29) is 6.04 Å². The van der Waals surface area contributed by atoms with Crippen molar-refractivity contribution in [2.45, 2.75) is 32.4 Å². The highest BCUT2D eigenvalue weighted by atomic mass is 16.4. The molecule has 0 bridgehead atoms. The number of nitrogens with one attached hydrogen (secondary N) is 2. The standard InChI is InChI=1S/C13H18N2O3/c1-9(10-7-5-4-6-8-10)14-12(18)15-13(2,3)11(16)17/h4-9H,1-3H3,(H,16,17)(H2,14,15,18). The van der Waals surface area contributed by atoms with E-state index in [1.54, 1.807) is 0 Å². The fraction of sp³-hybridized carbons (Fsp3) is 0.385. The zero-order valence-corrected chi connectivity index (χ0v) is 10.7. The van der Waals surface area contributed by atoms with Crippen LogP contribution in [0.5, 0.6) is 0 Å². The number of rotatable bonds is 4. The summed E-state index contributed by atoms with van der Waals surface area (Å²) in [7, 11) is 0. The van der Waals surface area contributed by atoms with Crippen LogP contribution in [0, 0.1) is 0 Å². The van der Waals surface area contributed by atoms with Gasteiger partial charge in [0.15, 0.2) is 0 Å². The lowest BCUT2D eigenvalue weighted by Gasteiger charge is -2.23. The van der Waals surface area contributed by atoms with Crippen molar-refractivity contribution in [2.24, 2.45) is 0 Å². The van der Waals surface area contributed by atoms with Crippen LogP contribution in [0.4, 0.5) is 4.79 Å². The summed E-state index contributed by atoms with van der Waals surface area (Å²) in [6, 6.07) is 8.76. The molecule has 0 saturated carbocycles. The average Bonchev–Trinajstić information content (AvgIpc) is 2.29. The fourth-order valence-electron chi connectivity index (χ4n) is 1.40. The Labute approximate surface area is 106 Å². The lowest BCUT2D eigenvalue weighted by atomic mass is 10.1. The third kappa shape index (κ3) is 3.76. The topological polar surface area (TPSA) is 78.4 Å². The van der Waals surface area contributed by atoms with E-state index in [1.165, 1.54) is 13.8 Å². The predicted molar refractivity (Wildman–Crippen MR) is 68.2 cm³/mol. The molecule has 5 heteroatoms. The van der Waals surface area contributed by atoms with Crippen molar-refractivity contribution in [1.29, 1.82) is 0 Å². The van der Waals surface area contributed by atoms with Gasteiger partial charge in [-0.05, 0) is 26.3 Å². The number of hydrogen-bond acceptors (Lipinski definition) is 2. The smallest absolute Gasteiger partial charge is 0.328 e. The Hall–Kier alpha value is -2.04. The van der Waals surface area contributed by atoms with Gasteiger partial charge in [0, 0.05) is 0 Å². The van der Waals surface area contributed by atoms with Crippen molar-refractivity contribution in [3.63, 3.8) is 0 Å². The van der Waals surface area contributed by atoms with E-state index in [4.69, 9.17) is 5.11 Å². The van der Waals surface area contributed by atoms with Crippen molar-refractivity contribution in [1.82, 2.24) is 10.6 Å². The van der Waals surface area contributed by atoms with Crippen molar-refractivity contribution in [3.05, 3.63) is 35.9 Å². The van der Waals surface area contributed by atoms with Gasteiger partial charge in [-0.1, -0.05) is 30.3 Å². The normalized spacial score (nSPS) is 12.6. The summed E-state index contributed by atoms with van der Waals surface area (Å²) >= 11 is 0. The van der Waals surface area contributed by atoms with Gasteiger partial charge in [0.1, 0.15) is 5.54 Å². The molecule has 1 unspecified atom stereocenters. The number of urea groups is 1. The van der Waals surface area contributed by atoms with Gasteiger partial charge in [-0.25, -0.2) is 9.59 Å². The van der Waals surface area contributed by atoms with E-state index in [0.717, 1.165) is 5.56 Å². The molecular weight excluding hydrogens is 232 g/mol. The first kappa shape index (κ1) is 14.0. The van der Waals surface area contributed by atoms with Crippen LogP contribution < -0.4 is 10.6 Å². The molecule has 1 atom stereocenters. The van der Waals surface area contributed by atoms with Crippen molar-refractivity contribution < 1.29 is 14.7 Å². The first-order valence-electron chi connectivity index (χ1n) is 5.70. The molecule has 0 aliphatic heterocycles. The van der Waals surface area contributed by atoms with Crippen LogP contribution in [-0.2, 0) is 4.79 Å². The molecule has 3 N–H and O–H groups in total. The maximum atomic E-state index is 11.7. The molecule has 1 aromatic carbocycles. The minimum atomic E-state index is -1.29. The molecule has 18 heavy (non-hydrogen) atoms. The molecule has 2 amide bonds. The van der Waals surface area contributed by atoms with Gasteiger partial charge in [0.25, 0.3) is 0 Å². The second kappa shape index (κ2) is 5.53. The number of carboxylic acids is 1. The van der Waals surface area contributed by atoms with Crippen LogP contribution in [0.3, 0.4) is 0 Å². The van der Waals surface area contributed by atoms with E-state index >= 15 is 0 Å². The van der Waals surface area contributed by atoms with Crippen LogP contribution in [-0.4, -0.2) is 22.6 Å². The Bertz CT molecular complexity index is 429. The lowest BCUT2D eigenvalue weighted by Crippen LogP contribution is -2.53. The first-order chi connectivity index (χ1) is 8.33. The number of carbonyl (C=O) groups excluding carboxylic acids is 1. The lowest BCUT2D eigenvalue weighted by molar-refractivity contribution is -0.142. The van der Waals surface area contributed by atoms with Gasteiger partial charge in [0.05, 0.1) is 6.04 Å². The molecule has 0 fully saturated rings. The summed E-state index contributed by atoms with van der Waals surface area (Å²) in [4.78, 5) is 22.5. The molecule has 0 aliphatic carbocycles. The average molecular weight is 250 g/mol. The molecule has 0 heterocycles. The van der Waals surface area contributed by atoms with Crippen molar-refractivity contribution in [2.75, 3.05) is 0 Å². The number of benzene rings is 1. The number of aliphatic carboxylic acids is 1. The van der Waals surface area contributed by atoms with Crippen LogP contribution in [0.2, 0.25) is 0 Å². The zero-order chi connectivity index (χ0) is 13.8. The minimum absolute atomic E-state index is 0.184. The molecular formula is C13H18N2O3. The fourth-order valence-corrected chi connectivity index (χ4v) is 1.40. The van der Waals surface area contributed by atoms with E-state index in [2.05, 4.69) is 10.6 Å². The van der Waals surface area contributed by atoms with Gasteiger partial charge in [-0.2, -0.15) is 0 Å². The molecule has 0 aliphatic rings. The first-order valence-corrected chi connectivity index (χ1v) is 5.70. The highest BCUT2D eigenvalue weighted by Gasteiger charge is 2.29. The molecule has 0 radical (unpaired) electrons. The maximum Gasteiger partial charge on any atom is 0.328 e. The highest BCUT2D eigenvalue weighted by Crippen LogP contribution is 2.11. The van der Waals surface area contributed by atoms with E-state index in [9.17, 15) is 9.59 Å². The van der Waals surface area contributed by atoms with Gasteiger partial charge in [-0.3, -0.25) is 0 Å².